The van der Waals surface area contributed by atoms with Crippen LogP contribution in [0, 0.1) is 0 Å². The largest absolute Gasteiger partial charge is 0.493 e. The highest BCUT2D eigenvalue weighted by atomic mass is 32.1. The molecule has 146 valence electrons. The average molecular weight is 398 g/mol. The number of pyridine rings is 1. The summed E-state index contributed by atoms with van der Waals surface area (Å²) >= 11 is 1.57. The molecule has 7 heteroatoms. The number of ether oxygens (including phenoxy) is 2. The predicted octanol–water partition coefficient (Wildman–Crippen LogP) is 4.00. The van der Waals surface area contributed by atoms with Crippen LogP contribution in [0.15, 0.2) is 54.0 Å². The van der Waals surface area contributed by atoms with Crippen molar-refractivity contribution in [3.63, 3.8) is 0 Å². The molecule has 0 aliphatic heterocycles. The van der Waals surface area contributed by atoms with E-state index in [2.05, 4.69) is 15.6 Å². The van der Waals surface area contributed by atoms with Crippen LogP contribution in [-0.4, -0.2) is 31.7 Å². The first-order chi connectivity index (χ1) is 13.7. The van der Waals surface area contributed by atoms with Crippen molar-refractivity contribution in [2.24, 2.45) is 0 Å². The van der Waals surface area contributed by atoms with Gasteiger partial charge in [-0.05, 0) is 47.7 Å². The van der Waals surface area contributed by atoms with Crippen LogP contribution in [0.3, 0.4) is 0 Å². The number of amides is 1. The summed E-state index contributed by atoms with van der Waals surface area (Å²) in [6.07, 6.45) is 2.92. The standard InChI is InChI=1S/C21H23N3O3S/c1-26-18-7-5-15(12-19(18)27-2)9-10-22-16-6-8-20(23-14-16)24-21(25)13-17-4-3-11-28-17/h3-8,11-12,14,22H,9-10,13H2,1-2H3,(H,23,24,25). The summed E-state index contributed by atoms with van der Waals surface area (Å²) in [7, 11) is 3.26. The molecule has 0 radical (unpaired) electrons. The number of carbonyl (C=O) groups is 1. The summed E-state index contributed by atoms with van der Waals surface area (Å²) < 4.78 is 10.6. The number of rotatable bonds is 9. The van der Waals surface area contributed by atoms with Gasteiger partial charge in [-0.15, -0.1) is 11.3 Å². The molecular weight excluding hydrogens is 374 g/mol. The van der Waals surface area contributed by atoms with E-state index < -0.39 is 0 Å². The molecule has 1 aromatic carbocycles. The smallest absolute Gasteiger partial charge is 0.230 e. The van der Waals surface area contributed by atoms with Crippen LogP contribution >= 0.6 is 11.3 Å². The zero-order valence-electron chi connectivity index (χ0n) is 15.9. The van der Waals surface area contributed by atoms with E-state index in [4.69, 9.17) is 9.47 Å². The lowest BCUT2D eigenvalue weighted by molar-refractivity contribution is -0.115. The van der Waals surface area contributed by atoms with Crippen molar-refractivity contribution in [3.8, 4) is 11.5 Å². The number of aromatic nitrogens is 1. The Balaban J connectivity index is 1.47. The maximum atomic E-state index is 12.0. The first-order valence-corrected chi connectivity index (χ1v) is 9.79. The summed E-state index contributed by atoms with van der Waals surface area (Å²) in [5.41, 5.74) is 2.05. The minimum atomic E-state index is -0.0656. The van der Waals surface area contributed by atoms with Crippen molar-refractivity contribution in [1.29, 1.82) is 0 Å². The van der Waals surface area contributed by atoms with Gasteiger partial charge in [-0.2, -0.15) is 0 Å². The Morgan fingerprint density at radius 1 is 1.11 bits per heavy atom. The van der Waals surface area contributed by atoms with Gasteiger partial charge >= 0.3 is 0 Å². The van der Waals surface area contributed by atoms with Gasteiger partial charge in [-0.25, -0.2) is 4.98 Å². The first kappa shape index (κ1) is 19.7. The molecule has 0 unspecified atom stereocenters. The van der Waals surface area contributed by atoms with Gasteiger partial charge in [0.1, 0.15) is 5.82 Å². The molecule has 0 fully saturated rings. The Labute approximate surface area is 168 Å². The first-order valence-electron chi connectivity index (χ1n) is 8.91. The number of anilines is 2. The minimum Gasteiger partial charge on any atom is -0.493 e. The van der Waals surface area contributed by atoms with E-state index in [9.17, 15) is 4.79 Å². The highest BCUT2D eigenvalue weighted by Crippen LogP contribution is 2.27. The van der Waals surface area contributed by atoms with E-state index in [0.29, 0.717) is 12.2 Å². The predicted molar refractivity (Wildman–Crippen MR) is 113 cm³/mol. The van der Waals surface area contributed by atoms with Gasteiger partial charge in [0, 0.05) is 11.4 Å². The van der Waals surface area contributed by atoms with Crippen LogP contribution in [0.2, 0.25) is 0 Å². The highest BCUT2D eigenvalue weighted by Gasteiger charge is 2.06. The number of nitrogens with zero attached hydrogens (tertiary/aromatic N) is 1. The molecule has 3 rings (SSSR count). The van der Waals surface area contributed by atoms with Crippen molar-refractivity contribution in [2.45, 2.75) is 12.8 Å². The topological polar surface area (TPSA) is 72.5 Å². The molecule has 0 aliphatic carbocycles. The lowest BCUT2D eigenvalue weighted by Crippen LogP contribution is -2.14. The summed E-state index contributed by atoms with van der Waals surface area (Å²) in [5, 5.41) is 8.11. The summed E-state index contributed by atoms with van der Waals surface area (Å²) in [6.45, 7) is 0.751. The van der Waals surface area contributed by atoms with Crippen molar-refractivity contribution < 1.29 is 14.3 Å². The van der Waals surface area contributed by atoms with Crippen molar-refractivity contribution in [3.05, 3.63) is 64.5 Å². The van der Waals surface area contributed by atoms with E-state index >= 15 is 0 Å². The second kappa shape index (κ2) is 9.75. The Kier molecular flexibility index (Phi) is 6.86. The second-order valence-electron chi connectivity index (χ2n) is 6.10. The fraction of sp³-hybridized carbons (Fsp3) is 0.238. The fourth-order valence-corrected chi connectivity index (χ4v) is 3.42. The molecule has 3 aromatic rings. The molecule has 2 heterocycles. The summed E-state index contributed by atoms with van der Waals surface area (Å²) in [5.74, 6) is 1.93. The molecule has 2 N–H and O–H groups in total. The quantitative estimate of drug-likeness (QED) is 0.571. The summed E-state index contributed by atoms with van der Waals surface area (Å²) in [4.78, 5) is 17.3. The van der Waals surface area contributed by atoms with Crippen LogP contribution in [0.1, 0.15) is 10.4 Å². The zero-order chi connectivity index (χ0) is 19.8. The number of benzene rings is 1. The molecule has 0 saturated carbocycles. The normalized spacial score (nSPS) is 10.4. The molecule has 0 atom stereocenters. The van der Waals surface area contributed by atoms with Gasteiger partial charge in [-0.1, -0.05) is 12.1 Å². The Morgan fingerprint density at radius 3 is 2.64 bits per heavy atom. The molecule has 0 spiro atoms. The Bertz CT molecular complexity index is 896. The molecule has 28 heavy (non-hydrogen) atoms. The number of methoxy groups -OCH3 is 2. The Morgan fingerprint density at radius 2 is 1.96 bits per heavy atom. The van der Waals surface area contributed by atoms with Crippen LogP contribution in [-0.2, 0) is 17.6 Å². The fourth-order valence-electron chi connectivity index (χ4n) is 2.72. The van der Waals surface area contributed by atoms with Crippen molar-refractivity contribution >= 4 is 28.7 Å². The van der Waals surface area contributed by atoms with E-state index in [1.807, 2.05) is 41.8 Å². The molecule has 0 aliphatic rings. The van der Waals surface area contributed by atoms with Crippen LogP contribution in [0.4, 0.5) is 11.5 Å². The number of nitrogens with one attached hydrogen (secondary N) is 2. The third-order valence-corrected chi connectivity index (χ3v) is 5.01. The van der Waals surface area contributed by atoms with Gasteiger partial charge in [0.05, 0.1) is 32.5 Å². The number of thiophene rings is 1. The minimum absolute atomic E-state index is 0.0656. The van der Waals surface area contributed by atoms with Gasteiger partial charge in [0.25, 0.3) is 0 Å². The SMILES string of the molecule is COc1ccc(CCNc2ccc(NC(=O)Cc3cccs3)nc2)cc1OC. The second-order valence-corrected chi connectivity index (χ2v) is 7.13. The van der Waals surface area contributed by atoms with E-state index in [1.54, 1.807) is 37.8 Å². The van der Waals surface area contributed by atoms with Gasteiger partial charge < -0.3 is 20.1 Å². The number of hydrogen-bond donors (Lipinski definition) is 2. The monoisotopic (exact) mass is 397 g/mol. The molecule has 0 saturated heterocycles. The van der Waals surface area contributed by atoms with Crippen molar-refractivity contribution in [1.82, 2.24) is 4.98 Å². The lowest BCUT2D eigenvalue weighted by atomic mass is 10.1. The third kappa shape index (κ3) is 5.47. The molecule has 0 bridgehead atoms. The number of hydrogen-bond acceptors (Lipinski definition) is 6. The molecule has 6 nitrogen and oxygen atoms in total. The van der Waals surface area contributed by atoms with E-state index in [0.717, 1.165) is 40.6 Å². The highest BCUT2D eigenvalue weighted by molar-refractivity contribution is 7.10. The summed E-state index contributed by atoms with van der Waals surface area (Å²) in [6, 6.07) is 13.5. The van der Waals surface area contributed by atoms with E-state index in [-0.39, 0.29) is 5.91 Å². The van der Waals surface area contributed by atoms with Crippen LogP contribution in [0.5, 0.6) is 11.5 Å². The third-order valence-electron chi connectivity index (χ3n) is 4.14. The average Bonchev–Trinajstić information content (AvgIpc) is 3.22. The van der Waals surface area contributed by atoms with Gasteiger partial charge in [0.2, 0.25) is 5.91 Å². The number of carbonyl (C=O) groups excluding carboxylic acids is 1. The van der Waals surface area contributed by atoms with Crippen molar-refractivity contribution in [2.75, 3.05) is 31.4 Å². The van der Waals surface area contributed by atoms with E-state index in [1.165, 1.54) is 0 Å². The zero-order valence-corrected chi connectivity index (χ0v) is 16.7. The maximum Gasteiger partial charge on any atom is 0.230 e. The molecular formula is C21H23N3O3S. The Hall–Kier alpha value is -3.06. The van der Waals surface area contributed by atoms with Gasteiger partial charge in [0.15, 0.2) is 11.5 Å². The molecule has 1 amide bonds. The maximum absolute atomic E-state index is 12.0. The van der Waals surface area contributed by atoms with Gasteiger partial charge in [-0.3, -0.25) is 4.79 Å². The van der Waals surface area contributed by atoms with Crippen LogP contribution in [0.25, 0.3) is 0 Å². The van der Waals surface area contributed by atoms with Crippen LogP contribution < -0.4 is 20.1 Å². The lowest BCUT2D eigenvalue weighted by Gasteiger charge is -2.11. The molecule has 2 aromatic heterocycles.